The third-order valence-corrected chi connectivity index (χ3v) is 3.87. The molecule has 3 heterocycles. The van der Waals surface area contributed by atoms with Crippen LogP contribution in [-0.4, -0.2) is 27.6 Å². The molecule has 1 aliphatic rings. The Bertz CT molecular complexity index is 500. The van der Waals surface area contributed by atoms with Crippen molar-refractivity contribution in [1.82, 2.24) is 19.9 Å². The highest BCUT2D eigenvalue weighted by Gasteiger charge is 2.13. The van der Waals surface area contributed by atoms with Crippen LogP contribution in [0.4, 0.5) is 0 Å². The predicted octanol–water partition coefficient (Wildman–Crippen LogP) is 2.33. The summed E-state index contributed by atoms with van der Waals surface area (Å²) in [5, 5.41) is 3.48. The monoisotopic (exact) mass is 256 g/mol. The second-order valence-corrected chi connectivity index (χ2v) is 5.21. The van der Waals surface area contributed by atoms with E-state index in [2.05, 4.69) is 19.9 Å². The smallest absolute Gasteiger partial charge is 0.0950 e. The van der Waals surface area contributed by atoms with E-state index in [-0.39, 0.29) is 0 Å². The second-order valence-electron chi connectivity index (χ2n) is 5.21. The Balaban J connectivity index is 1.67. The largest absolute Gasteiger partial charge is 0.331 e. The van der Waals surface area contributed by atoms with E-state index in [1.54, 1.807) is 0 Å². The van der Waals surface area contributed by atoms with Crippen LogP contribution >= 0.6 is 0 Å². The zero-order valence-corrected chi connectivity index (χ0v) is 11.1. The van der Waals surface area contributed by atoms with Crippen LogP contribution in [0, 0.1) is 5.92 Å². The highest BCUT2D eigenvalue weighted by molar-refractivity contribution is 5.57. The minimum atomic E-state index is 0.807. The molecule has 1 saturated heterocycles. The molecule has 4 heteroatoms. The number of hydrogen-bond acceptors (Lipinski definition) is 3. The first-order chi connectivity index (χ1) is 9.43. The van der Waals surface area contributed by atoms with Crippen molar-refractivity contribution in [2.24, 2.45) is 5.92 Å². The molecule has 4 nitrogen and oxygen atoms in total. The number of nitrogens with one attached hydrogen (secondary N) is 1. The summed E-state index contributed by atoms with van der Waals surface area (Å²) in [7, 11) is 0. The first kappa shape index (κ1) is 12.4. The van der Waals surface area contributed by atoms with Crippen LogP contribution in [0.5, 0.6) is 0 Å². The Kier molecular flexibility index (Phi) is 3.89. The van der Waals surface area contributed by atoms with Crippen LogP contribution in [-0.2, 0) is 6.54 Å². The number of imidazole rings is 1. The van der Waals surface area contributed by atoms with E-state index in [1.807, 2.05) is 37.1 Å². The van der Waals surface area contributed by atoms with Crippen LogP contribution in [0.3, 0.4) is 0 Å². The molecule has 3 rings (SSSR count). The number of aryl methyl sites for hydroxylation is 1. The van der Waals surface area contributed by atoms with Gasteiger partial charge in [-0.3, -0.25) is 4.98 Å². The molecule has 0 spiro atoms. The number of pyridine rings is 1. The Labute approximate surface area is 113 Å². The molecule has 1 unspecified atom stereocenters. The van der Waals surface area contributed by atoms with Gasteiger partial charge in [-0.15, -0.1) is 0 Å². The molecule has 19 heavy (non-hydrogen) atoms. The normalized spacial score (nSPS) is 19.5. The molecule has 0 aliphatic carbocycles. The van der Waals surface area contributed by atoms with Gasteiger partial charge in [-0.1, -0.05) is 0 Å². The Hall–Kier alpha value is -1.68. The average Bonchev–Trinajstić information content (AvgIpc) is 2.95. The highest BCUT2D eigenvalue weighted by atomic mass is 15.0. The minimum Gasteiger partial charge on any atom is -0.331 e. The lowest BCUT2D eigenvalue weighted by atomic mass is 9.96. The first-order valence-corrected chi connectivity index (χ1v) is 7.05. The molecule has 2 aromatic rings. The molecule has 2 aromatic heterocycles. The van der Waals surface area contributed by atoms with Gasteiger partial charge in [-0.2, -0.15) is 0 Å². The van der Waals surface area contributed by atoms with Crippen molar-refractivity contribution in [1.29, 1.82) is 0 Å². The van der Waals surface area contributed by atoms with Gasteiger partial charge >= 0.3 is 0 Å². The summed E-state index contributed by atoms with van der Waals surface area (Å²) in [6.45, 7) is 3.40. The fourth-order valence-electron chi connectivity index (χ4n) is 2.75. The van der Waals surface area contributed by atoms with Crippen molar-refractivity contribution in [3.8, 4) is 11.3 Å². The number of hydrogen-bond donors (Lipinski definition) is 1. The number of aromatic nitrogens is 3. The van der Waals surface area contributed by atoms with Gasteiger partial charge in [0.2, 0.25) is 0 Å². The van der Waals surface area contributed by atoms with Crippen molar-refractivity contribution in [2.45, 2.75) is 25.8 Å². The van der Waals surface area contributed by atoms with Gasteiger partial charge in [-0.05, 0) is 50.4 Å². The predicted molar refractivity (Wildman–Crippen MR) is 75.7 cm³/mol. The van der Waals surface area contributed by atoms with Gasteiger partial charge in [0.1, 0.15) is 0 Å². The van der Waals surface area contributed by atoms with Gasteiger partial charge in [0.05, 0.1) is 18.2 Å². The van der Waals surface area contributed by atoms with Crippen LogP contribution in [0.15, 0.2) is 37.1 Å². The Morgan fingerprint density at radius 1 is 1.26 bits per heavy atom. The fraction of sp³-hybridized carbons (Fsp3) is 0.467. The lowest BCUT2D eigenvalue weighted by molar-refractivity contribution is 0.342. The van der Waals surface area contributed by atoms with E-state index >= 15 is 0 Å². The SMILES string of the molecule is c1cc(-c2cncn2CCC2CCCNC2)ccn1. The first-order valence-electron chi connectivity index (χ1n) is 7.05. The van der Waals surface area contributed by atoms with Crippen molar-refractivity contribution < 1.29 is 0 Å². The number of rotatable bonds is 4. The Morgan fingerprint density at radius 3 is 2.95 bits per heavy atom. The molecule has 0 amide bonds. The second kappa shape index (κ2) is 5.97. The van der Waals surface area contributed by atoms with Crippen molar-refractivity contribution in [3.05, 3.63) is 37.1 Å². The van der Waals surface area contributed by atoms with Crippen molar-refractivity contribution >= 4 is 0 Å². The summed E-state index contributed by atoms with van der Waals surface area (Å²) in [5.74, 6) is 0.807. The maximum absolute atomic E-state index is 4.29. The molecule has 1 atom stereocenters. The molecular formula is C15H20N4. The van der Waals surface area contributed by atoms with Crippen LogP contribution in [0.1, 0.15) is 19.3 Å². The van der Waals surface area contributed by atoms with Gasteiger partial charge in [-0.25, -0.2) is 4.98 Å². The fourth-order valence-corrected chi connectivity index (χ4v) is 2.75. The van der Waals surface area contributed by atoms with Gasteiger partial charge in [0.25, 0.3) is 0 Å². The maximum Gasteiger partial charge on any atom is 0.0950 e. The number of piperidine rings is 1. The molecule has 1 aliphatic heterocycles. The van der Waals surface area contributed by atoms with Crippen LogP contribution in [0.2, 0.25) is 0 Å². The van der Waals surface area contributed by atoms with Crippen LogP contribution in [0.25, 0.3) is 11.3 Å². The molecule has 0 aromatic carbocycles. The summed E-state index contributed by atoms with van der Waals surface area (Å²) in [5.41, 5.74) is 2.38. The van der Waals surface area contributed by atoms with Gasteiger partial charge in [0.15, 0.2) is 0 Å². The summed E-state index contributed by atoms with van der Waals surface area (Å²) in [4.78, 5) is 8.36. The van der Waals surface area contributed by atoms with Crippen molar-refractivity contribution in [2.75, 3.05) is 13.1 Å². The lowest BCUT2D eigenvalue weighted by Gasteiger charge is -2.23. The van der Waals surface area contributed by atoms with E-state index in [9.17, 15) is 0 Å². The van der Waals surface area contributed by atoms with Gasteiger partial charge in [0, 0.05) is 24.5 Å². The Morgan fingerprint density at radius 2 is 2.16 bits per heavy atom. The van der Waals surface area contributed by atoms with E-state index in [4.69, 9.17) is 0 Å². The molecule has 0 bridgehead atoms. The molecule has 0 saturated carbocycles. The topological polar surface area (TPSA) is 42.7 Å². The third kappa shape index (κ3) is 3.01. The average molecular weight is 256 g/mol. The maximum atomic E-state index is 4.29. The molecular weight excluding hydrogens is 236 g/mol. The quantitative estimate of drug-likeness (QED) is 0.913. The van der Waals surface area contributed by atoms with E-state index < -0.39 is 0 Å². The highest BCUT2D eigenvalue weighted by Crippen LogP contribution is 2.20. The zero-order valence-electron chi connectivity index (χ0n) is 11.1. The van der Waals surface area contributed by atoms with E-state index in [1.165, 1.54) is 43.6 Å². The van der Waals surface area contributed by atoms with Crippen LogP contribution < -0.4 is 5.32 Å². The third-order valence-electron chi connectivity index (χ3n) is 3.87. The van der Waals surface area contributed by atoms with Gasteiger partial charge < -0.3 is 9.88 Å². The minimum absolute atomic E-state index is 0.807. The lowest BCUT2D eigenvalue weighted by Crippen LogP contribution is -2.30. The van der Waals surface area contributed by atoms with E-state index in [0.29, 0.717) is 0 Å². The summed E-state index contributed by atoms with van der Waals surface area (Å²) >= 11 is 0. The summed E-state index contributed by atoms with van der Waals surface area (Å²) < 4.78 is 2.25. The van der Waals surface area contributed by atoms with Crippen molar-refractivity contribution in [3.63, 3.8) is 0 Å². The molecule has 0 radical (unpaired) electrons. The molecule has 1 N–H and O–H groups in total. The summed E-state index contributed by atoms with van der Waals surface area (Å²) in [6, 6.07) is 4.07. The standard InChI is InChI=1S/C15H20N4/c1-2-13(10-17-6-1)5-9-19-12-18-11-15(19)14-3-7-16-8-4-14/h3-4,7-8,11-13,17H,1-2,5-6,9-10H2. The number of nitrogens with zero attached hydrogens (tertiary/aromatic N) is 3. The zero-order chi connectivity index (χ0) is 12.9. The van der Waals surface area contributed by atoms with E-state index in [0.717, 1.165) is 12.5 Å². The molecule has 100 valence electrons. The molecule has 1 fully saturated rings. The summed E-state index contributed by atoms with van der Waals surface area (Å²) in [6.07, 6.45) is 11.4.